The monoisotopic (exact) mass is 431 g/mol. The van der Waals surface area contributed by atoms with Crippen LogP contribution in [0.4, 0.5) is 13.2 Å². The van der Waals surface area contributed by atoms with Crippen LogP contribution in [-0.2, 0) is 28.5 Å². The molecule has 0 saturated heterocycles. The largest absolute Gasteiger partial charge is 0.508 e. The summed E-state index contributed by atoms with van der Waals surface area (Å²) in [5, 5.41) is 21.3. The van der Waals surface area contributed by atoms with Gasteiger partial charge in [0.15, 0.2) is 11.1 Å². The summed E-state index contributed by atoms with van der Waals surface area (Å²) >= 11 is 1.87. The van der Waals surface area contributed by atoms with Gasteiger partial charge in [-0.05, 0) is 41.5 Å². The summed E-state index contributed by atoms with van der Waals surface area (Å²) in [6.45, 7) is 1.43. The maximum atomic E-state index is 12.7. The van der Waals surface area contributed by atoms with E-state index in [1.807, 2.05) is 5.38 Å². The van der Waals surface area contributed by atoms with Gasteiger partial charge in [0.05, 0.1) is 12.3 Å². The summed E-state index contributed by atoms with van der Waals surface area (Å²) in [4.78, 5) is 15.6. The fourth-order valence-electron chi connectivity index (χ4n) is 2.62. The van der Waals surface area contributed by atoms with Crippen molar-refractivity contribution in [2.24, 2.45) is 0 Å². The molecule has 2 N–H and O–H groups in total. The molecule has 0 aliphatic heterocycles. The molecule has 1 atom stereocenters. The number of aliphatic hydroxyl groups excluding tert-OH is 1. The van der Waals surface area contributed by atoms with Crippen molar-refractivity contribution < 1.29 is 32.9 Å². The Kier molecular flexibility index (Phi) is 5.92. The molecule has 3 rings (SSSR count). The van der Waals surface area contributed by atoms with Crippen LogP contribution >= 0.6 is 22.7 Å². The third-order valence-electron chi connectivity index (χ3n) is 4.04. The number of nitrogens with zero attached hydrogens (tertiary/aromatic N) is 1. The van der Waals surface area contributed by atoms with E-state index in [1.165, 1.54) is 18.3 Å². The first-order valence-electron chi connectivity index (χ1n) is 8.22. The minimum absolute atomic E-state index is 0.0259. The van der Waals surface area contributed by atoms with Crippen LogP contribution in [0.5, 0.6) is 5.75 Å². The van der Waals surface area contributed by atoms with Crippen LogP contribution in [0.25, 0.3) is 10.1 Å². The minimum Gasteiger partial charge on any atom is -0.508 e. The van der Waals surface area contributed by atoms with Crippen LogP contribution in [-0.4, -0.2) is 33.9 Å². The molecule has 2 aromatic heterocycles. The fourth-order valence-corrected chi connectivity index (χ4v) is 4.62. The predicted molar refractivity (Wildman–Crippen MR) is 99.7 cm³/mol. The molecule has 150 valence electrons. The number of hydrogen-bond acceptors (Lipinski definition) is 7. The number of aromatic hydroxyl groups is 1. The molecule has 0 aliphatic carbocycles. The highest BCUT2D eigenvalue weighted by molar-refractivity contribution is 7.17. The molecule has 0 aliphatic rings. The number of aryl methyl sites for hydroxylation is 1. The second-order valence-corrected chi connectivity index (χ2v) is 8.10. The lowest BCUT2D eigenvalue weighted by molar-refractivity contribution is -0.153. The highest BCUT2D eigenvalue weighted by Crippen LogP contribution is 2.34. The van der Waals surface area contributed by atoms with E-state index in [0.717, 1.165) is 15.6 Å². The van der Waals surface area contributed by atoms with Gasteiger partial charge in [-0.25, -0.2) is 9.78 Å². The van der Waals surface area contributed by atoms with Crippen molar-refractivity contribution in [2.45, 2.75) is 32.0 Å². The summed E-state index contributed by atoms with van der Waals surface area (Å²) in [7, 11) is 0. The Labute approximate surface area is 166 Å². The van der Waals surface area contributed by atoms with E-state index in [0.29, 0.717) is 17.8 Å². The normalized spacial score (nSPS) is 13.0. The van der Waals surface area contributed by atoms with Crippen LogP contribution in [0, 0.1) is 6.92 Å². The molecule has 0 radical (unpaired) electrons. The quantitative estimate of drug-likeness (QED) is 0.575. The average Bonchev–Trinajstić information content (AvgIpc) is 3.18. The SMILES string of the molecule is Cc1nc(C(F)(F)F)sc1CC(O)C(=O)OCCc1csc2cc(O)ccc12. The van der Waals surface area contributed by atoms with E-state index in [9.17, 15) is 28.2 Å². The third kappa shape index (κ3) is 4.62. The Bertz CT molecular complexity index is 997. The lowest BCUT2D eigenvalue weighted by Crippen LogP contribution is -2.26. The number of aliphatic hydroxyl groups is 1. The number of thiophene rings is 1. The first-order chi connectivity index (χ1) is 13.1. The molecule has 3 aromatic rings. The number of fused-ring (bicyclic) bond motifs is 1. The first-order valence-corrected chi connectivity index (χ1v) is 9.92. The van der Waals surface area contributed by atoms with Crippen molar-refractivity contribution in [1.29, 1.82) is 0 Å². The summed E-state index contributed by atoms with van der Waals surface area (Å²) in [5.41, 5.74) is 1.08. The van der Waals surface area contributed by atoms with E-state index in [1.54, 1.807) is 18.2 Å². The molecule has 0 spiro atoms. The number of esters is 1. The summed E-state index contributed by atoms with van der Waals surface area (Å²) < 4.78 is 44.0. The van der Waals surface area contributed by atoms with Gasteiger partial charge in [-0.1, -0.05) is 0 Å². The number of hydrogen-bond donors (Lipinski definition) is 2. The van der Waals surface area contributed by atoms with Crippen molar-refractivity contribution in [2.75, 3.05) is 6.61 Å². The standard InChI is InChI=1S/C18H16F3NO4S2/c1-9-14(28-17(22-9)18(19,20)21)7-13(24)16(25)26-5-4-10-8-27-15-6-11(23)2-3-12(10)15/h2-3,6,8,13,23-24H,4-5,7H2,1H3. The van der Waals surface area contributed by atoms with Gasteiger partial charge in [-0.2, -0.15) is 13.2 Å². The van der Waals surface area contributed by atoms with E-state index in [-0.39, 0.29) is 29.3 Å². The van der Waals surface area contributed by atoms with Crippen molar-refractivity contribution in [3.8, 4) is 5.75 Å². The van der Waals surface area contributed by atoms with Gasteiger partial charge in [0.25, 0.3) is 0 Å². The van der Waals surface area contributed by atoms with Gasteiger partial charge in [0.1, 0.15) is 5.75 Å². The number of halogens is 3. The highest BCUT2D eigenvalue weighted by Gasteiger charge is 2.36. The Morgan fingerprint density at radius 3 is 2.79 bits per heavy atom. The van der Waals surface area contributed by atoms with Crippen LogP contribution in [0.3, 0.4) is 0 Å². The maximum Gasteiger partial charge on any atom is 0.443 e. The van der Waals surface area contributed by atoms with Crippen LogP contribution in [0.1, 0.15) is 21.1 Å². The molecule has 0 fully saturated rings. The maximum absolute atomic E-state index is 12.7. The Balaban J connectivity index is 1.55. The number of thiazole rings is 1. The fraction of sp³-hybridized carbons (Fsp3) is 0.333. The first kappa shape index (κ1) is 20.6. The summed E-state index contributed by atoms with van der Waals surface area (Å²) in [5.74, 6) is -0.721. The van der Waals surface area contributed by atoms with Gasteiger partial charge in [-0.3, -0.25) is 0 Å². The third-order valence-corrected chi connectivity index (χ3v) is 6.26. The van der Waals surface area contributed by atoms with E-state index >= 15 is 0 Å². The van der Waals surface area contributed by atoms with Crippen molar-refractivity contribution in [3.63, 3.8) is 0 Å². The van der Waals surface area contributed by atoms with E-state index < -0.39 is 23.3 Å². The highest BCUT2D eigenvalue weighted by atomic mass is 32.1. The lowest BCUT2D eigenvalue weighted by Gasteiger charge is -2.10. The van der Waals surface area contributed by atoms with Crippen LogP contribution < -0.4 is 0 Å². The van der Waals surface area contributed by atoms with Gasteiger partial charge >= 0.3 is 12.1 Å². The number of phenolic OH excluding ortho intramolecular Hbond substituents is 1. The summed E-state index contributed by atoms with van der Waals surface area (Å²) in [6, 6.07) is 4.99. The topological polar surface area (TPSA) is 79.7 Å². The number of carbonyl (C=O) groups excluding carboxylic acids is 1. The minimum atomic E-state index is -4.56. The van der Waals surface area contributed by atoms with Crippen LogP contribution in [0.2, 0.25) is 0 Å². The van der Waals surface area contributed by atoms with Crippen molar-refractivity contribution >= 4 is 38.7 Å². The molecule has 1 aromatic carbocycles. The van der Waals surface area contributed by atoms with E-state index in [4.69, 9.17) is 4.74 Å². The number of alkyl halides is 3. The Hall–Kier alpha value is -2.17. The summed E-state index contributed by atoms with van der Waals surface area (Å²) in [6.07, 6.45) is -5.98. The molecule has 0 amide bonds. The molecule has 2 heterocycles. The number of carbonyl (C=O) groups is 1. The second kappa shape index (κ2) is 8.06. The second-order valence-electron chi connectivity index (χ2n) is 6.10. The molecular formula is C18H16F3NO4S2. The number of ether oxygens (including phenoxy) is 1. The number of rotatable bonds is 6. The number of phenols is 1. The molecule has 1 unspecified atom stereocenters. The Morgan fingerprint density at radius 2 is 2.11 bits per heavy atom. The zero-order chi connectivity index (χ0) is 20.5. The molecule has 28 heavy (non-hydrogen) atoms. The molecule has 5 nitrogen and oxygen atoms in total. The number of benzene rings is 1. The zero-order valence-electron chi connectivity index (χ0n) is 14.6. The van der Waals surface area contributed by atoms with Gasteiger partial charge < -0.3 is 14.9 Å². The zero-order valence-corrected chi connectivity index (χ0v) is 16.2. The van der Waals surface area contributed by atoms with Gasteiger partial charge in [-0.15, -0.1) is 22.7 Å². The predicted octanol–water partition coefficient (Wildman–Crippen LogP) is 4.08. The van der Waals surface area contributed by atoms with Gasteiger partial charge in [0.2, 0.25) is 0 Å². The van der Waals surface area contributed by atoms with Crippen LogP contribution in [0.15, 0.2) is 23.6 Å². The van der Waals surface area contributed by atoms with E-state index in [2.05, 4.69) is 4.98 Å². The average molecular weight is 431 g/mol. The van der Waals surface area contributed by atoms with Crippen molar-refractivity contribution in [3.05, 3.63) is 44.7 Å². The molecular weight excluding hydrogens is 415 g/mol. The molecule has 10 heteroatoms. The number of aromatic nitrogens is 1. The van der Waals surface area contributed by atoms with Crippen molar-refractivity contribution in [1.82, 2.24) is 4.98 Å². The molecule has 0 bridgehead atoms. The smallest absolute Gasteiger partial charge is 0.443 e. The van der Waals surface area contributed by atoms with Gasteiger partial charge in [0, 0.05) is 22.4 Å². The molecule has 0 saturated carbocycles. The Morgan fingerprint density at radius 1 is 1.36 bits per heavy atom. The lowest BCUT2D eigenvalue weighted by atomic mass is 10.1.